The molecule has 0 bridgehead atoms. The van der Waals surface area contributed by atoms with Crippen LogP contribution in [0.15, 0.2) is 30.3 Å². The number of hydrogen-bond donors (Lipinski definition) is 1. The minimum Gasteiger partial charge on any atom is -0.449 e. The van der Waals surface area contributed by atoms with Gasteiger partial charge in [0.2, 0.25) is 0 Å². The quantitative estimate of drug-likeness (QED) is 0.751. The summed E-state index contributed by atoms with van der Waals surface area (Å²) in [4.78, 5) is 24.6. The summed E-state index contributed by atoms with van der Waals surface area (Å²) in [6.07, 6.45) is -0.984. The van der Waals surface area contributed by atoms with Crippen molar-refractivity contribution in [3.8, 4) is 0 Å². The molecule has 2 aromatic rings. The number of hydrogen-bond acceptors (Lipinski definition) is 3. The van der Waals surface area contributed by atoms with Gasteiger partial charge in [-0.2, -0.15) is 0 Å². The Kier molecular flexibility index (Phi) is 6.09. The van der Waals surface area contributed by atoms with Crippen LogP contribution < -0.4 is 5.32 Å². The van der Waals surface area contributed by atoms with Gasteiger partial charge in [0.25, 0.3) is 5.91 Å². The first-order valence-electron chi connectivity index (χ1n) is 7.73. The van der Waals surface area contributed by atoms with Crippen LogP contribution in [0, 0.1) is 20.8 Å². The van der Waals surface area contributed by atoms with Crippen molar-refractivity contribution in [3.63, 3.8) is 0 Å². The molecule has 25 heavy (non-hydrogen) atoms. The molecule has 0 aliphatic carbocycles. The minimum atomic E-state index is -0.984. The number of esters is 1. The van der Waals surface area contributed by atoms with Crippen molar-refractivity contribution in [2.75, 3.05) is 5.32 Å². The lowest BCUT2D eigenvalue weighted by Crippen LogP contribution is -2.30. The van der Waals surface area contributed by atoms with E-state index in [0.717, 1.165) is 22.4 Å². The molecule has 2 aromatic carbocycles. The highest BCUT2D eigenvalue weighted by Crippen LogP contribution is 2.24. The maximum absolute atomic E-state index is 12.4. The van der Waals surface area contributed by atoms with Crippen molar-refractivity contribution in [2.45, 2.75) is 33.8 Å². The van der Waals surface area contributed by atoms with Crippen LogP contribution in [0.25, 0.3) is 0 Å². The Morgan fingerprint density at radius 1 is 1.04 bits per heavy atom. The van der Waals surface area contributed by atoms with Gasteiger partial charge < -0.3 is 10.1 Å². The molecule has 0 aliphatic rings. The third kappa shape index (κ3) is 4.74. The summed E-state index contributed by atoms with van der Waals surface area (Å²) in [5, 5.41) is 3.39. The second-order valence-electron chi connectivity index (χ2n) is 5.93. The van der Waals surface area contributed by atoms with E-state index in [1.165, 1.54) is 19.1 Å². The Morgan fingerprint density at radius 3 is 2.24 bits per heavy atom. The summed E-state index contributed by atoms with van der Waals surface area (Å²) in [5.74, 6) is -1.12. The van der Waals surface area contributed by atoms with E-state index in [0.29, 0.717) is 5.02 Å². The van der Waals surface area contributed by atoms with Crippen molar-refractivity contribution in [3.05, 3.63) is 62.6 Å². The zero-order valence-electron chi connectivity index (χ0n) is 14.4. The van der Waals surface area contributed by atoms with Crippen LogP contribution in [0.1, 0.15) is 34.0 Å². The number of carbonyl (C=O) groups excluding carboxylic acids is 2. The molecule has 6 heteroatoms. The maximum Gasteiger partial charge on any atom is 0.340 e. The summed E-state index contributed by atoms with van der Waals surface area (Å²) in [7, 11) is 0. The predicted octanol–water partition coefficient (Wildman–Crippen LogP) is 5.10. The highest BCUT2D eigenvalue weighted by molar-refractivity contribution is 6.35. The van der Waals surface area contributed by atoms with Crippen molar-refractivity contribution < 1.29 is 14.3 Å². The molecule has 0 aromatic heterocycles. The Bertz CT molecular complexity index is 810. The van der Waals surface area contributed by atoms with Gasteiger partial charge >= 0.3 is 5.97 Å². The number of nitrogens with one attached hydrogen (secondary N) is 1. The summed E-state index contributed by atoms with van der Waals surface area (Å²) in [6, 6.07) is 8.44. The number of carbonyl (C=O) groups is 2. The molecule has 2 rings (SSSR count). The van der Waals surface area contributed by atoms with E-state index in [9.17, 15) is 9.59 Å². The Hall–Kier alpha value is -2.04. The molecule has 0 spiro atoms. The number of amides is 1. The zero-order chi connectivity index (χ0) is 18.7. The monoisotopic (exact) mass is 379 g/mol. The summed E-state index contributed by atoms with van der Waals surface area (Å²) < 4.78 is 5.22. The second kappa shape index (κ2) is 7.89. The number of anilines is 1. The van der Waals surface area contributed by atoms with Gasteiger partial charge in [0.05, 0.1) is 10.6 Å². The lowest BCUT2D eigenvalue weighted by atomic mass is 10.0. The van der Waals surface area contributed by atoms with Gasteiger partial charge in [-0.1, -0.05) is 40.9 Å². The Labute approximate surface area is 157 Å². The van der Waals surface area contributed by atoms with E-state index in [1.807, 2.05) is 32.9 Å². The molecule has 0 aliphatic heterocycles. The summed E-state index contributed by atoms with van der Waals surface area (Å²) in [5.41, 5.74) is 3.85. The van der Waals surface area contributed by atoms with E-state index in [1.54, 1.807) is 6.07 Å². The largest absolute Gasteiger partial charge is 0.449 e. The predicted molar refractivity (Wildman–Crippen MR) is 101 cm³/mol. The van der Waals surface area contributed by atoms with Gasteiger partial charge in [-0.05, 0) is 57.0 Å². The van der Waals surface area contributed by atoms with Crippen LogP contribution in [0.2, 0.25) is 10.0 Å². The van der Waals surface area contributed by atoms with E-state index in [-0.39, 0.29) is 10.6 Å². The topological polar surface area (TPSA) is 55.4 Å². The van der Waals surface area contributed by atoms with Crippen LogP contribution in [0.4, 0.5) is 5.69 Å². The highest BCUT2D eigenvalue weighted by atomic mass is 35.5. The van der Waals surface area contributed by atoms with E-state index < -0.39 is 18.0 Å². The third-order valence-corrected chi connectivity index (χ3v) is 4.29. The average molecular weight is 380 g/mol. The van der Waals surface area contributed by atoms with Crippen molar-refractivity contribution in [2.24, 2.45) is 0 Å². The number of halogens is 2. The van der Waals surface area contributed by atoms with Gasteiger partial charge in [-0.3, -0.25) is 4.79 Å². The third-order valence-electron chi connectivity index (χ3n) is 3.73. The standard InChI is InChI=1S/C19H19Cl2NO3/c1-10-7-11(2)17(12(3)8-10)22-18(23)13(4)25-19(24)15-9-14(20)5-6-16(15)21/h5-9,13H,1-4H3,(H,22,23). The smallest absolute Gasteiger partial charge is 0.340 e. The summed E-state index contributed by atoms with van der Waals surface area (Å²) in [6.45, 7) is 7.32. The van der Waals surface area contributed by atoms with Gasteiger partial charge in [-0.25, -0.2) is 4.79 Å². The maximum atomic E-state index is 12.4. The number of rotatable bonds is 4. The molecule has 4 nitrogen and oxygen atoms in total. The Balaban J connectivity index is 2.10. The van der Waals surface area contributed by atoms with Crippen LogP contribution >= 0.6 is 23.2 Å². The molecule has 0 saturated heterocycles. The zero-order valence-corrected chi connectivity index (χ0v) is 16.0. The first-order valence-corrected chi connectivity index (χ1v) is 8.49. The molecular formula is C19H19Cl2NO3. The van der Waals surface area contributed by atoms with Crippen LogP contribution in [-0.2, 0) is 9.53 Å². The molecule has 1 unspecified atom stereocenters. The molecule has 1 atom stereocenters. The van der Waals surface area contributed by atoms with Crippen molar-refractivity contribution in [1.82, 2.24) is 0 Å². The van der Waals surface area contributed by atoms with Crippen molar-refractivity contribution >= 4 is 40.8 Å². The summed E-state index contributed by atoms with van der Waals surface area (Å²) >= 11 is 11.8. The molecule has 1 N–H and O–H groups in total. The number of benzene rings is 2. The van der Waals surface area contributed by atoms with E-state index in [4.69, 9.17) is 27.9 Å². The van der Waals surface area contributed by atoms with Gasteiger partial charge in [-0.15, -0.1) is 0 Å². The second-order valence-corrected chi connectivity index (χ2v) is 6.78. The number of aryl methyl sites for hydroxylation is 3. The lowest BCUT2D eigenvalue weighted by Gasteiger charge is -2.17. The van der Waals surface area contributed by atoms with Gasteiger partial charge in [0, 0.05) is 10.7 Å². The fourth-order valence-corrected chi connectivity index (χ4v) is 2.90. The first-order chi connectivity index (χ1) is 11.7. The van der Waals surface area contributed by atoms with E-state index >= 15 is 0 Å². The van der Waals surface area contributed by atoms with E-state index in [2.05, 4.69) is 5.32 Å². The average Bonchev–Trinajstić information content (AvgIpc) is 2.52. The molecular weight excluding hydrogens is 361 g/mol. The molecule has 132 valence electrons. The number of ether oxygens (including phenoxy) is 1. The highest BCUT2D eigenvalue weighted by Gasteiger charge is 2.22. The molecule has 0 saturated carbocycles. The van der Waals surface area contributed by atoms with Crippen LogP contribution in [0.5, 0.6) is 0 Å². The fourth-order valence-electron chi connectivity index (χ4n) is 2.53. The molecule has 0 fully saturated rings. The van der Waals surface area contributed by atoms with Gasteiger partial charge in [0.15, 0.2) is 6.10 Å². The SMILES string of the molecule is Cc1cc(C)c(NC(=O)C(C)OC(=O)c2cc(Cl)ccc2Cl)c(C)c1. The van der Waals surface area contributed by atoms with Crippen LogP contribution in [0.3, 0.4) is 0 Å². The molecule has 0 radical (unpaired) electrons. The minimum absolute atomic E-state index is 0.122. The van der Waals surface area contributed by atoms with Gasteiger partial charge in [0.1, 0.15) is 0 Å². The normalized spacial score (nSPS) is 11.8. The molecule has 0 heterocycles. The molecule has 1 amide bonds. The lowest BCUT2D eigenvalue weighted by molar-refractivity contribution is -0.123. The van der Waals surface area contributed by atoms with Crippen LogP contribution in [-0.4, -0.2) is 18.0 Å². The first kappa shape index (κ1) is 19.3. The Morgan fingerprint density at radius 2 is 1.64 bits per heavy atom. The fraction of sp³-hybridized carbons (Fsp3) is 0.263. The van der Waals surface area contributed by atoms with Crippen molar-refractivity contribution in [1.29, 1.82) is 0 Å².